The van der Waals surface area contributed by atoms with E-state index in [0.29, 0.717) is 5.82 Å². The summed E-state index contributed by atoms with van der Waals surface area (Å²) in [6.45, 7) is 3.90. The highest BCUT2D eigenvalue weighted by Crippen LogP contribution is 2.23. The number of nitriles is 1. The molecule has 0 radical (unpaired) electrons. The van der Waals surface area contributed by atoms with Gasteiger partial charge in [-0.15, -0.1) is 0 Å². The Morgan fingerprint density at radius 1 is 1.41 bits per heavy atom. The topological polar surface area (TPSA) is 101 Å². The largest absolute Gasteiger partial charge is 0.462 e. The SMILES string of the molecule is CCOC(=O)c1cc(C#N)c(Nc2ccc(C)cc2)nc1N. The molecule has 6 nitrogen and oxygen atoms in total. The van der Waals surface area contributed by atoms with E-state index in [1.54, 1.807) is 6.92 Å². The quantitative estimate of drug-likeness (QED) is 0.841. The third-order valence-corrected chi connectivity index (χ3v) is 2.98. The van der Waals surface area contributed by atoms with Crippen molar-refractivity contribution in [2.24, 2.45) is 0 Å². The van der Waals surface area contributed by atoms with E-state index in [9.17, 15) is 10.1 Å². The number of ether oxygens (including phenoxy) is 1. The van der Waals surface area contributed by atoms with E-state index in [0.717, 1.165) is 11.3 Å². The fourth-order valence-electron chi connectivity index (χ4n) is 1.85. The van der Waals surface area contributed by atoms with E-state index in [1.807, 2.05) is 37.3 Å². The number of pyridine rings is 1. The Morgan fingerprint density at radius 2 is 2.09 bits per heavy atom. The van der Waals surface area contributed by atoms with E-state index < -0.39 is 5.97 Å². The van der Waals surface area contributed by atoms with Crippen molar-refractivity contribution < 1.29 is 9.53 Å². The van der Waals surface area contributed by atoms with Crippen molar-refractivity contribution in [2.45, 2.75) is 13.8 Å². The second-order valence-corrected chi connectivity index (χ2v) is 4.64. The lowest BCUT2D eigenvalue weighted by atomic mass is 10.1. The van der Waals surface area contributed by atoms with Gasteiger partial charge >= 0.3 is 5.97 Å². The van der Waals surface area contributed by atoms with E-state index in [4.69, 9.17) is 10.5 Å². The van der Waals surface area contributed by atoms with Crippen molar-refractivity contribution in [2.75, 3.05) is 17.7 Å². The van der Waals surface area contributed by atoms with Crippen LogP contribution in [0.3, 0.4) is 0 Å². The predicted molar refractivity (Wildman–Crippen MR) is 83.8 cm³/mol. The number of hydrogen-bond acceptors (Lipinski definition) is 6. The standard InChI is InChI=1S/C16H16N4O2/c1-3-22-16(21)13-8-11(9-17)15(20-14(13)18)19-12-6-4-10(2)5-7-12/h4-8H,3H2,1-2H3,(H3,18,19,20). The second-order valence-electron chi connectivity index (χ2n) is 4.64. The molecule has 0 aliphatic carbocycles. The molecule has 1 aromatic heterocycles. The minimum absolute atomic E-state index is 0.0204. The maximum absolute atomic E-state index is 11.8. The van der Waals surface area contributed by atoms with Gasteiger partial charge in [-0.25, -0.2) is 9.78 Å². The normalized spacial score (nSPS) is 9.86. The van der Waals surface area contributed by atoms with E-state index in [-0.39, 0.29) is 23.6 Å². The van der Waals surface area contributed by atoms with Crippen LogP contribution in [0.4, 0.5) is 17.3 Å². The zero-order chi connectivity index (χ0) is 16.1. The Hall–Kier alpha value is -3.07. The minimum atomic E-state index is -0.592. The fourth-order valence-corrected chi connectivity index (χ4v) is 1.85. The first-order valence-corrected chi connectivity index (χ1v) is 6.76. The number of rotatable bonds is 4. The van der Waals surface area contributed by atoms with Gasteiger partial charge in [0.2, 0.25) is 0 Å². The molecule has 2 aromatic rings. The molecule has 2 rings (SSSR count). The summed E-state index contributed by atoms with van der Waals surface area (Å²) in [5, 5.41) is 12.3. The van der Waals surface area contributed by atoms with Crippen molar-refractivity contribution in [3.8, 4) is 6.07 Å². The summed E-state index contributed by atoms with van der Waals surface area (Å²) in [6, 6.07) is 11.0. The van der Waals surface area contributed by atoms with Crippen LogP contribution >= 0.6 is 0 Å². The predicted octanol–water partition coefficient (Wildman–Crippen LogP) is 2.76. The monoisotopic (exact) mass is 296 g/mol. The first-order chi connectivity index (χ1) is 10.5. The van der Waals surface area contributed by atoms with Gasteiger partial charge in [0.15, 0.2) is 5.82 Å². The first kappa shape index (κ1) is 15.3. The Labute approximate surface area is 128 Å². The number of benzene rings is 1. The Balaban J connectivity index is 2.36. The number of anilines is 3. The summed E-state index contributed by atoms with van der Waals surface area (Å²) < 4.78 is 4.89. The van der Waals surface area contributed by atoms with Gasteiger partial charge in [-0.2, -0.15) is 5.26 Å². The van der Waals surface area contributed by atoms with Gasteiger partial charge in [0.1, 0.15) is 17.5 Å². The van der Waals surface area contributed by atoms with E-state index >= 15 is 0 Å². The molecule has 0 aliphatic heterocycles. The van der Waals surface area contributed by atoms with Gasteiger partial charge in [0.25, 0.3) is 0 Å². The van der Waals surface area contributed by atoms with Gasteiger partial charge in [-0.05, 0) is 32.0 Å². The van der Waals surface area contributed by atoms with Crippen molar-refractivity contribution >= 4 is 23.3 Å². The van der Waals surface area contributed by atoms with Gasteiger partial charge in [0, 0.05) is 5.69 Å². The molecular formula is C16H16N4O2. The molecule has 0 bridgehead atoms. The van der Waals surface area contributed by atoms with Gasteiger partial charge in [-0.3, -0.25) is 0 Å². The highest BCUT2D eigenvalue weighted by atomic mass is 16.5. The van der Waals surface area contributed by atoms with Gasteiger partial charge < -0.3 is 15.8 Å². The van der Waals surface area contributed by atoms with Crippen LogP contribution in [-0.4, -0.2) is 17.6 Å². The average Bonchev–Trinajstić information content (AvgIpc) is 2.50. The van der Waals surface area contributed by atoms with Crippen LogP contribution in [0.15, 0.2) is 30.3 Å². The van der Waals surface area contributed by atoms with Crippen molar-refractivity contribution in [3.05, 3.63) is 47.0 Å². The van der Waals surface area contributed by atoms with Crippen molar-refractivity contribution in [3.63, 3.8) is 0 Å². The molecule has 1 aromatic carbocycles. The summed E-state index contributed by atoms with van der Waals surface area (Å²) in [6.07, 6.45) is 0. The molecule has 0 amide bonds. The number of carbonyl (C=O) groups excluding carboxylic acids is 1. The zero-order valence-electron chi connectivity index (χ0n) is 12.4. The highest BCUT2D eigenvalue weighted by molar-refractivity contribution is 5.95. The lowest BCUT2D eigenvalue weighted by Crippen LogP contribution is -2.11. The van der Waals surface area contributed by atoms with E-state index in [2.05, 4.69) is 10.3 Å². The Bertz CT molecular complexity index is 733. The molecule has 112 valence electrons. The van der Waals surface area contributed by atoms with Gasteiger partial charge in [0.05, 0.1) is 12.2 Å². The fraction of sp³-hybridized carbons (Fsp3) is 0.188. The number of carbonyl (C=O) groups is 1. The number of nitrogens with zero attached hydrogens (tertiary/aromatic N) is 2. The third kappa shape index (κ3) is 3.33. The van der Waals surface area contributed by atoms with Crippen LogP contribution < -0.4 is 11.1 Å². The molecule has 0 saturated heterocycles. The summed E-state index contributed by atoms with van der Waals surface area (Å²) in [5.41, 5.74) is 8.00. The van der Waals surface area contributed by atoms with Crippen LogP contribution in [-0.2, 0) is 4.74 Å². The number of hydrogen-bond donors (Lipinski definition) is 2. The van der Waals surface area contributed by atoms with Crippen LogP contribution in [0.25, 0.3) is 0 Å². The molecule has 0 saturated carbocycles. The zero-order valence-corrected chi connectivity index (χ0v) is 12.4. The maximum atomic E-state index is 11.8. The highest BCUT2D eigenvalue weighted by Gasteiger charge is 2.16. The van der Waals surface area contributed by atoms with Gasteiger partial charge in [-0.1, -0.05) is 17.7 Å². The summed E-state index contributed by atoms with van der Waals surface area (Å²) in [4.78, 5) is 15.9. The Morgan fingerprint density at radius 3 is 2.68 bits per heavy atom. The molecule has 22 heavy (non-hydrogen) atoms. The summed E-state index contributed by atoms with van der Waals surface area (Å²) in [7, 11) is 0. The molecule has 0 aliphatic rings. The van der Waals surface area contributed by atoms with Crippen molar-refractivity contribution in [1.29, 1.82) is 5.26 Å². The Kier molecular flexibility index (Phi) is 4.59. The number of nitrogens with one attached hydrogen (secondary N) is 1. The molecule has 6 heteroatoms. The molecule has 0 fully saturated rings. The molecule has 0 atom stereocenters. The first-order valence-electron chi connectivity index (χ1n) is 6.76. The second kappa shape index (κ2) is 6.59. The summed E-state index contributed by atoms with van der Waals surface area (Å²) >= 11 is 0. The van der Waals surface area contributed by atoms with Crippen LogP contribution in [0, 0.1) is 18.3 Å². The lowest BCUT2D eigenvalue weighted by Gasteiger charge is -2.11. The van der Waals surface area contributed by atoms with Crippen LogP contribution in [0.1, 0.15) is 28.4 Å². The number of aromatic nitrogens is 1. The van der Waals surface area contributed by atoms with Crippen LogP contribution in [0.2, 0.25) is 0 Å². The number of esters is 1. The van der Waals surface area contributed by atoms with Crippen molar-refractivity contribution in [1.82, 2.24) is 4.98 Å². The number of nitrogens with two attached hydrogens (primary N) is 1. The lowest BCUT2D eigenvalue weighted by molar-refractivity contribution is 0.0527. The van der Waals surface area contributed by atoms with E-state index in [1.165, 1.54) is 6.07 Å². The number of aryl methyl sites for hydroxylation is 1. The van der Waals surface area contributed by atoms with Crippen LogP contribution in [0.5, 0.6) is 0 Å². The maximum Gasteiger partial charge on any atom is 0.341 e. The molecule has 1 heterocycles. The third-order valence-electron chi connectivity index (χ3n) is 2.98. The average molecular weight is 296 g/mol. The smallest absolute Gasteiger partial charge is 0.341 e. The molecule has 0 unspecified atom stereocenters. The molecule has 0 spiro atoms. The minimum Gasteiger partial charge on any atom is -0.462 e. The number of nitrogen functional groups attached to an aromatic ring is 1. The molecular weight excluding hydrogens is 280 g/mol. The summed E-state index contributed by atoms with van der Waals surface area (Å²) in [5.74, 6) is -0.269. The molecule has 3 N–H and O–H groups in total.